The molecule has 1 unspecified atom stereocenters. The summed E-state index contributed by atoms with van der Waals surface area (Å²) in [6.45, 7) is 0. The average Bonchev–Trinajstić information content (AvgIpc) is 3.81. The number of nitrogens with zero attached hydrogens (tertiary/aromatic N) is 5. The Hall–Kier alpha value is -6.67. The molecule has 8 nitrogen and oxygen atoms in total. The third kappa shape index (κ3) is 4.27. The molecule has 0 amide bonds. The van der Waals surface area contributed by atoms with E-state index in [2.05, 4.69) is 70.9 Å². The monoisotopic (exact) mass is 636 g/mol. The summed E-state index contributed by atoms with van der Waals surface area (Å²) in [5.74, 6) is 0.0429. The fraction of sp³-hybridized carbons (Fsp3) is 0.0488. The van der Waals surface area contributed by atoms with Crippen molar-refractivity contribution in [2.24, 2.45) is 0 Å². The van der Waals surface area contributed by atoms with Crippen molar-refractivity contribution in [2.45, 2.75) is 11.5 Å². The summed E-state index contributed by atoms with van der Waals surface area (Å²) in [6.07, 6.45) is 0. The maximum Gasteiger partial charge on any atom is 0.337 e. The van der Waals surface area contributed by atoms with E-state index in [0.29, 0.717) is 22.7 Å². The van der Waals surface area contributed by atoms with E-state index in [1.165, 1.54) is 0 Å². The van der Waals surface area contributed by atoms with Gasteiger partial charge in [-0.15, -0.1) is 5.10 Å². The summed E-state index contributed by atoms with van der Waals surface area (Å²) in [4.78, 5) is 20.4. The molecule has 10 rings (SSSR count). The average molecular weight is 637 g/mol. The van der Waals surface area contributed by atoms with Gasteiger partial charge in [0, 0.05) is 5.56 Å². The van der Waals surface area contributed by atoms with Gasteiger partial charge < -0.3 is 10.1 Å². The first kappa shape index (κ1) is 28.5. The van der Waals surface area contributed by atoms with E-state index in [1.807, 2.05) is 83.5 Å². The van der Waals surface area contributed by atoms with Crippen molar-refractivity contribution in [1.82, 2.24) is 30.2 Å². The Labute approximate surface area is 281 Å². The van der Waals surface area contributed by atoms with Gasteiger partial charge in [0.15, 0.2) is 5.82 Å². The van der Waals surface area contributed by atoms with Crippen LogP contribution < -0.4 is 0 Å². The Morgan fingerprint density at radius 2 is 1.29 bits per heavy atom. The molecule has 1 atom stereocenters. The molecule has 8 aromatic rings. The summed E-state index contributed by atoms with van der Waals surface area (Å²) in [7, 11) is 0. The number of nitrogens with one attached hydrogen (secondary N) is 1. The molecule has 2 bridgehead atoms. The first-order chi connectivity index (χ1) is 24.2. The highest BCUT2D eigenvalue weighted by Crippen LogP contribution is 2.55. The number of para-hydroxylation sites is 1. The maximum atomic E-state index is 12.1. The SMILES string of the molecule is O=C(O)c1cccc2[nH]c(C3C4=C(c5nnnn5C(c5ccccc5)(c5ccccc5)c5ccccc5)C3=C(c3ccccc3)C=C4)nc12. The van der Waals surface area contributed by atoms with Crippen LogP contribution in [0.25, 0.3) is 33.5 Å². The number of fused-ring (bicyclic) bond motifs is 3. The van der Waals surface area contributed by atoms with Crippen LogP contribution in [0, 0.1) is 0 Å². The van der Waals surface area contributed by atoms with Gasteiger partial charge in [0.2, 0.25) is 0 Å². The lowest BCUT2D eigenvalue weighted by Gasteiger charge is -2.39. The van der Waals surface area contributed by atoms with Gasteiger partial charge in [-0.25, -0.2) is 14.5 Å². The van der Waals surface area contributed by atoms with E-state index in [9.17, 15) is 9.90 Å². The Bertz CT molecular complexity index is 2380. The highest BCUT2D eigenvalue weighted by Gasteiger charge is 2.46. The van der Waals surface area contributed by atoms with E-state index in [1.54, 1.807) is 12.1 Å². The van der Waals surface area contributed by atoms with Gasteiger partial charge in [-0.3, -0.25) is 0 Å². The van der Waals surface area contributed by atoms with E-state index in [-0.39, 0.29) is 11.5 Å². The van der Waals surface area contributed by atoms with Crippen molar-refractivity contribution in [2.75, 3.05) is 0 Å². The lowest BCUT2D eigenvalue weighted by molar-refractivity contribution is 0.0699. The molecule has 234 valence electrons. The Kier molecular flexibility index (Phi) is 6.55. The zero-order chi connectivity index (χ0) is 33.0. The molecule has 0 saturated heterocycles. The van der Waals surface area contributed by atoms with Gasteiger partial charge in [-0.05, 0) is 61.5 Å². The van der Waals surface area contributed by atoms with Crippen LogP contribution >= 0.6 is 0 Å². The zero-order valence-corrected chi connectivity index (χ0v) is 26.1. The lowest BCUT2D eigenvalue weighted by Crippen LogP contribution is -2.40. The highest BCUT2D eigenvalue weighted by molar-refractivity contribution is 6.01. The van der Waals surface area contributed by atoms with Crippen LogP contribution in [0.15, 0.2) is 152 Å². The van der Waals surface area contributed by atoms with Crippen LogP contribution in [-0.4, -0.2) is 41.3 Å². The first-order valence-electron chi connectivity index (χ1n) is 16.1. The Balaban J connectivity index is 1.32. The molecule has 6 aromatic carbocycles. The number of carboxylic acid groups (broad SMARTS) is 1. The van der Waals surface area contributed by atoms with Crippen LogP contribution in [0.4, 0.5) is 0 Å². The van der Waals surface area contributed by atoms with E-state index in [4.69, 9.17) is 15.3 Å². The number of aromatic carboxylic acids is 1. The number of H-pyrrole nitrogens is 1. The Morgan fingerprint density at radius 1 is 0.694 bits per heavy atom. The van der Waals surface area contributed by atoms with Crippen molar-refractivity contribution < 1.29 is 9.90 Å². The van der Waals surface area contributed by atoms with E-state index < -0.39 is 11.5 Å². The second-order valence-electron chi connectivity index (χ2n) is 12.1. The standard InChI is InChI=1S/C41H28N6O2/c48-40(49)32-22-13-23-33-37(32)43-38(42-33)35-31-25-24-30(26-14-5-1-6-15-26)34(35)36(31)39-44-45-46-47(39)41(27-16-7-2-8-17-27,28-18-9-3-10-19-28)29-20-11-4-12-21-29/h1-25,35H,(H,42,43)(H,48,49). The van der Waals surface area contributed by atoms with E-state index >= 15 is 0 Å². The minimum atomic E-state index is -1.01. The number of hydrogen-bond acceptors (Lipinski definition) is 5. The van der Waals surface area contributed by atoms with Gasteiger partial charge in [-0.2, -0.15) is 0 Å². The van der Waals surface area contributed by atoms with E-state index in [0.717, 1.165) is 44.5 Å². The van der Waals surface area contributed by atoms with Crippen LogP contribution in [0.1, 0.15) is 49.9 Å². The molecule has 2 heterocycles. The summed E-state index contributed by atoms with van der Waals surface area (Å²) in [5.41, 5.74) is 8.45. The molecular formula is C41H28N6O2. The number of carboxylic acids is 1. The molecule has 8 heteroatoms. The molecule has 0 aliphatic heterocycles. The summed E-state index contributed by atoms with van der Waals surface area (Å²) >= 11 is 0. The third-order valence-corrected chi connectivity index (χ3v) is 9.58. The molecule has 0 spiro atoms. The largest absolute Gasteiger partial charge is 0.478 e. The molecule has 0 fully saturated rings. The topological polar surface area (TPSA) is 110 Å². The highest BCUT2D eigenvalue weighted by atomic mass is 16.4. The zero-order valence-electron chi connectivity index (χ0n) is 26.1. The van der Waals surface area contributed by atoms with Crippen molar-refractivity contribution in [3.63, 3.8) is 0 Å². The van der Waals surface area contributed by atoms with Crippen molar-refractivity contribution in [3.8, 4) is 22.5 Å². The minimum Gasteiger partial charge on any atom is -0.478 e. The lowest BCUT2D eigenvalue weighted by atomic mass is 9.69. The smallest absolute Gasteiger partial charge is 0.337 e. The molecule has 2 aliphatic carbocycles. The van der Waals surface area contributed by atoms with Gasteiger partial charge in [0.25, 0.3) is 0 Å². The van der Waals surface area contributed by atoms with Crippen molar-refractivity contribution in [1.29, 1.82) is 0 Å². The molecule has 2 aromatic heterocycles. The van der Waals surface area contributed by atoms with Crippen LogP contribution in [0.3, 0.4) is 0 Å². The summed E-state index contributed by atoms with van der Waals surface area (Å²) < 4.78 is 1.96. The number of rotatable bonds is 8. The fourth-order valence-corrected chi connectivity index (χ4v) is 7.49. The van der Waals surface area contributed by atoms with Gasteiger partial charge >= 0.3 is 5.97 Å². The van der Waals surface area contributed by atoms with Crippen LogP contribution in [-0.2, 0) is 5.54 Å². The molecule has 0 saturated carbocycles. The first-order valence-corrected chi connectivity index (χ1v) is 16.1. The Morgan fingerprint density at radius 3 is 1.88 bits per heavy atom. The third-order valence-electron chi connectivity index (χ3n) is 9.58. The predicted molar refractivity (Wildman–Crippen MR) is 187 cm³/mol. The van der Waals surface area contributed by atoms with Gasteiger partial charge in [0.05, 0.1) is 17.0 Å². The number of benzene rings is 6. The number of hydrogen-bond donors (Lipinski definition) is 2. The van der Waals surface area contributed by atoms with Gasteiger partial charge in [-0.1, -0.05) is 140 Å². The number of imidazole rings is 1. The van der Waals surface area contributed by atoms with Gasteiger partial charge in [0.1, 0.15) is 16.9 Å². The number of carbonyl (C=O) groups is 1. The normalized spacial score (nSPS) is 13.7. The second-order valence-corrected chi connectivity index (χ2v) is 12.1. The minimum absolute atomic E-state index is 0.161. The van der Waals surface area contributed by atoms with Crippen molar-refractivity contribution >= 4 is 17.0 Å². The predicted octanol–water partition coefficient (Wildman–Crippen LogP) is 7.92. The van der Waals surface area contributed by atoms with Crippen LogP contribution in [0.5, 0.6) is 0 Å². The fourth-order valence-electron chi connectivity index (χ4n) is 7.49. The molecular weight excluding hydrogens is 608 g/mol. The van der Waals surface area contributed by atoms with Crippen molar-refractivity contribution in [3.05, 3.63) is 191 Å². The number of aromatic amines is 1. The molecule has 0 radical (unpaired) electrons. The maximum absolute atomic E-state index is 12.1. The molecule has 2 aliphatic rings. The summed E-state index contributed by atoms with van der Waals surface area (Å²) in [6, 6.07) is 50.7. The number of tetrazole rings is 1. The molecule has 49 heavy (non-hydrogen) atoms. The van der Waals surface area contributed by atoms with Crippen LogP contribution in [0.2, 0.25) is 0 Å². The second kappa shape index (κ2) is 11.2. The summed E-state index contributed by atoms with van der Waals surface area (Å²) in [5, 5.41) is 23.8. The number of aromatic nitrogens is 6. The molecule has 2 N–H and O–H groups in total. The quantitative estimate of drug-likeness (QED) is 0.164.